The summed E-state index contributed by atoms with van der Waals surface area (Å²) in [6.45, 7) is 3.46. The Bertz CT molecular complexity index is 497. The van der Waals surface area contributed by atoms with Gasteiger partial charge in [-0.15, -0.1) is 0 Å². The summed E-state index contributed by atoms with van der Waals surface area (Å²) in [5, 5.41) is 12.4. The SMILES string of the molecule is OCC(F)(F)[C@@H](c1ccc(N2CCCC2)cc1)N1CCNCC1. The molecular weight excluding hydrogens is 300 g/mol. The number of halogens is 2. The smallest absolute Gasteiger partial charge is 0.289 e. The lowest BCUT2D eigenvalue weighted by Crippen LogP contribution is -2.51. The second kappa shape index (κ2) is 7.11. The Kier molecular flexibility index (Phi) is 5.14. The molecular formula is C17H25F2N3O. The van der Waals surface area contributed by atoms with E-state index < -0.39 is 18.6 Å². The van der Waals surface area contributed by atoms with Gasteiger partial charge in [0.1, 0.15) is 12.6 Å². The van der Waals surface area contributed by atoms with E-state index in [1.807, 2.05) is 12.1 Å². The van der Waals surface area contributed by atoms with E-state index in [0.29, 0.717) is 31.7 Å². The Balaban J connectivity index is 1.83. The Morgan fingerprint density at radius 1 is 1.04 bits per heavy atom. The van der Waals surface area contributed by atoms with Crippen LogP contribution in [0.25, 0.3) is 0 Å². The number of anilines is 1. The number of aliphatic hydroxyl groups excluding tert-OH is 1. The highest BCUT2D eigenvalue weighted by Gasteiger charge is 2.43. The summed E-state index contributed by atoms with van der Waals surface area (Å²) in [4.78, 5) is 4.06. The van der Waals surface area contributed by atoms with Crippen LogP contribution in [0.15, 0.2) is 24.3 Å². The summed E-state index contributed by atoms with van der Waals surface area (Å²) in [6, 6.07) is 6.39. The van der Waals surface area contributed by atoms with E-state index in [0.717, 1.165) is 18.8 Å². The second-order valence-corrected chi connectivity index (χ2v) is 6.39. The maximum Gasteiger partial charge on any atom is 0.289 e. The molecule has 1 atom stereocenters. The lowest BCUT2D eigenvalue weighted by Gasteiger charge is -2.38. The number of benzene rings is 1. The summed E-state index contributed by atoms with van der Waals surface area (Å²) in [5.41, 5.74) is 1.67. The minimum absolute atomic E-state index is 0.564. The molecule has 2 heterocycles. The molecule has 6 heteroatoms. The van der Waals surface area contributed by atoms with Crippen LogP contribution in [0.1, 0.15) is 24.4 Å². The number of piperazine rings is 1. The Labute approximate surface area is 136 Å². The fourth-order valence-electron chi connectivity index (χ4n) is 3.59. The quantitative estimate of drug-likeness (QED) is 0.867. The van der Waals surface area contributed by atoms with Gasteiger partial charge in [-0.1, -0.05) is 12.1 Å². The van der Waals surface area contributed by atoms with Gasteiger partial charge >= 0.3 is 0 Å². The first-order valence-corrected chi connectivity index (χ1v) is 8.40. The number of alkyl halides is 2. The molecule has 0 bridgehead atoms. The number of rotatable bonds is 5. The lowest BCUT2D eigenvalue weighted by molar-refractivity contribution is -0.118. The molecule has 23 heavy (non-hydrogen) atoms. The molecule has 0 radical (unpaired) electrons. The maximum atomic E-state index is 14.4. The van der Waals surface area contributed by atoms with E-state index in [1.54, 1.807) is 17.0 Å². The van der Waals surface area contributed by atoms with E-state index >= 15 is 0 Å². The molecule has 0 aromatic heterocycles. The fraction of sp³-hybridized carbons (Fsp3) is 0.647. The molecule has 128 valence electrons. The van der Waals surface area contributed by atoms with Gasteiger partial charge in [0.25, 0.3) is 5.92 Å². The topological polar surface area (TPSA) is 38.7 Å². The third-order valence-electron chi connectivity index (χ3n) is 4.81. The average molecular weight is 325 g/mol. The molecule has 3 rings (SSSR count). The van der Waals surface area contributed by atoms with Gasteiger partial charge in [-0.05, 0) is 30.5 Å². The minimum atomic E-state index is -3.15. The van der Waals surface area contributed by atoms with Crippen LogP contribution >= 0.6 is 0 Å². The van der Waals surface area contributed by atoms with Gasteiger partial charge < -0.3 is 15.3 Å². The van der Waals surface area contributed by atoms with E-state index in [2.05, 4.69) is 10.2 Å². The molecule has 2 saturated heterocycles. The normalized spacial score (nSPS) is 21.6. The first kappa shape index (κ1) is 16.6. The highest BCUT2D eigenvalue weighted by Crippen LogP contribution is 2.37. The van der Waals surface area contributed by atoms with E-state index in [1.165, 1.54) is 12.8 Å². The molecule has 0 unspecified atom stereocenters. The Morgan fingerprint density at radius 3 is 2.22 bits per heavy atom. The minimum Gasteiger partial charge on any atom is -0.390 e. The fourth-order valence-corrected chi connectivity index (χ4v) is 3.59. The number of hydrogen-bond acceptors (Lipinski definition) is 4. The van der Waals surface area contributed by atoms with Crippen LogP contribution in [-0.4, -0.2) is 61.8 Å². The van der Waals surface area contributed by atoms with E-state index in [9.17, 15) is 13.9 Å². The van der Waals surface area contributed by atoms with Crippen molar-refractivity contribution in [1.29, 1.82) is 0 Å². The molecule has 4 nitrogen and oxygen atoms in total. The van der Waals surface area contributed by atoms with Crippen LogP contribution in [0.3, 0.4) is 0 Å². The van der Waals surface area contributed by atoms with Crippen molar-refractivity contribution in [3.8, 4) is 0 Å². The van der Waals surface area contributed by atoms with E-state index in [-0.39, 0.29) is 0 Å². The monoisotopic (exact) mass is 325 g/mol. The van der Waals surface area contributed by atoms with Crippen molar-refractivity contribution < 1.29 is 13.9 Å². The summed E-state index contributed by atoms with van der Waals surface area (Å²) in [5.74, 6) is -3.15. The van der Waals surface area contributed by atoms with Crippen LogP contribution in [0.2, 0.25) is 0 Å². The van der Waals surface area contributed by atoms with Crippen molar-refractivity contribution in [2.75, 3.05) is 50.8 Å². The van der Waals surface area contributed by atoms with Crippen molar-refractivity contribution in [3.63, 3.8) is 0 Å². The molecule has 2 aliphatic rings. The summed E-state index contributed by atoms with van der Waals surface area (Å²) < 4.78 is 28.7. The number of nitrogens with one attached hydrogen (secondary N) is 1. The third kappa shape index (κ3) is 3.65. The highest BCUT2D eigenvalue weighted by atomic mass is 19.3. The van der Waals surface area contributed by atoms with Gasteiger partial charge in [-0.3, -0.25) is 4.90 Å². The molecule has 1 aromatic rings. The number of aliphatic hydroxyl groups is 1. The standard InChI is InChI=1S/C17H25F2N3O/c18-17(19,13-23)16(22-11-7-20-8-12-22)14-3-5-15(6-4-14)21-9-1-2-10-21/h3-6,16,20,23H,1-2,7-13H2/t16-/m1/s1. The zero-order chi connectivity index (χ0) is 16.3. The van der Waals surface area contributed by atoms with Crippen LogP contribution < -0.4 is 10.2 Å². The Hall–Kier alpha value is -1.24. The first-order valence-electron chi connectivity index (χ1n) is 8.40. The molecule has 0 amide bonds. The van der Waals surface area contributed by atoms with Crippen molar-refractivity contribution in [1.82, 2.24) is 10.2 Å². The number of nitrogens with zero attached hydrogens (tertiary/aromatic N) is 2. The van der Waals surface area contributed by atoms with Crippen LogP contribution in [0.5, 0.6) is 0 Å². The lowest BCUT2D eigenvalue weighted by atomic mass is 9.98. The molecule has 2 N–H and O–H groups in total. The van der Waals surface area contributed by atoms with Crippen LogP contribution in [0.4, 0.5) is 14.5 Å². The molecule has 2 fully saturated rings. The van der Waals surface area contributed by atoms with Gasteiger partial charge in [0.2, 0.25) is 0 Å². The zero-order valence-electron chi connectivity index (χ0n) is 13.3. The summed E-state index contributed by atoms with van der Waals surface area (Å²) >= 11 is 0. The largest absolute Gasteiger partial charge is 0.390 e. The van der Waals surface area contributed by atoms with Gasteiger partial charge in [0.15, 0.2) is 0 Å². The average Bonchev–Trinajstić information content (AvgIpc) is 3.11. The summed E-state index contributed by atoms with van der Waals surface area (Å²) in [7, 11) is 0. The van der Waals surface area contributed by atoms with Gasteiger partial charge in [-0.2, -0.15) is 0 Å². The van der Waals surface area contributed by atoms with Crippen LogP contribution in [0, 0.1) is 0 Å². The first-order chi connectivity index (χ1) is 11.1. The maximum absolute atomic E-state index is 14.4. The Morgan fingerprint density at radius 2 is 1.65 bits per heavy atom. The van der Waals surface area contributed by atoms with Crippen molar-refractivity contribution in [2.45, 2.75) is 24.8 Å². The second-order valence-electron chi connectivity index (χ2n) is 6.39. The predicted octanol–water partition coefficient (Wildman–Crippen LogP) is 1.86. The summed E-state index contributed by atoms with van der Waals surface area (Å²) in [6.07, 6.45) is 2.38. The van der Waals surface area contributed by atoms with Crippen LogP contribution in [-0.2, 0) is 0 Å². The number of hydrogen-bond donors (Lipinski definition) is 2. The van der Waals surface area contributed by atoms with E-state index in [4.69, 9.17) is 0 Å². The highest BCUT2D eigenvalue weighted by molar-refractivity contribution is 5.49. The molecule has 0 spiro atoms. The molecule has 0 saturated carbocycles. The van der Waals surface area contributed by atoms with Crippen molar-refractivity contribution in [2.24, 2.45) is 0 Å². The molecule has 1 aromatic carbocycles. The molecule has 2 aliphatic heterocycles. The predicted molar refractivity (Wildman–Crippen MR) is 87.1 cm³/mol. The zero-order valence-corrected chi connectivity index (χ0v) is 13.3. The van der Waals surface area contributed by atoms with Crippen molar-refractivity contribution >= 4 is 5.69 Å². The van der Waals surface area contributed by atoms with Gasteiger partial charge in [-0.25, -0.2) is 8.78 Å². The third-order valence-corrected chi connectivity index (χ3v) is 4.81. The van der Waals surface area contributed by atoms with Gasteiger partial charge in [0.05, 0.1) is 0 Å². The van der Waals surface area contributed by atoms with Gasteiger partial charge in [0, 0.05) is 45.0 Å². The van der Waals surface area contributed by atoms with Crippen molar-refractivity contribution in [3.05, 3.63) is 29.8 Å². The molecule has 0 aliphatic carbocycles.